The van der Waals surface area contributed by atoms with Gasteiger partial charge in [0.1, 0.15) is 5.82 Å². The Kier molecular flexibility index (Phi) is 10.4. The molecule has 6 nitrogen and oxygen atoms in total. The summed E-state index contributed by atoms with van der Waals surface area (Å²) in [6.07, 6.45) is 1.16. The average molecular weight is 415 g/mol. The van der Waals surface area contributed by atoms with Gasteiger partial charge >= 0.3 is 0 Å². The maximum absolute atomic E-state index is 12.9. The zero-order chi connectivity index (χ0) is 21.6. The van der Waals surface area contributed by atoms with Crippen molar-refractivity contribution in [3.8, 4) is 0 Å². The molecular formula is C23H31FN4O2. The van der Waals surface area contributed by atoms with E-state index in [-0.39, 0.29) is 24.2 Å². The van der Waals surface area contributed by atoms with Crippen LogP contribution in [0.1, 0.15) is 30.6 Å². The molecule has 0 heterocycles. The lowest BCUT2D eigenvalue weighted by Gasteiger charge is -2.15. The average Bonchev–Trinajstić information content (AvgIpc) is 2.77. The van der Waals surface area contributed by atoms with Gasteiger partial charge in [-0.05, 0) is 36.6 Å². The van der Waals surface area contributed by atoms with Gasteiger partial charge in [-0.1, -0.05) is 42.5 Å². The van der Waals surface area contributed by atoms with Crippen LogP contribution >= 0.6 is 0 Å². The molecule has 2 aromatic carbocycles. The van der Waals surface area contributed by atoms with Crippen LogP contribution < -0.4 is 16.0 Å². The number of benzene rings is 2. The lowest BCUT2D eigenvalue weighted by Crippen LogP contribution is -2.42. The van der Waals surface area contributed by atoms with Gasteiger partial charge in [-0.3, -0.25) is 9.79 Å². The van der Waals surface area contributed by atoms with E-state index in [1.165, 1.54) is 17.7 Å². The molecule has 1 atom stereocenters. The molecule has 0 saturated heterocycles. The summed E-state index contributed by atoms with van der Waals surface area (Å²) in [5, 5.41) is 9.21. The summed E-state index contributed by atoms with van der Waals surface area (Å²) in [7, 11) is 1.70. The fraction of sp³-hybridized carbons (Fsp3) is 0.391. The van der Waals surface area contributed by atoms with E-state index in [0.717, 1.165) is 18.5 Å². The van der Waals surface area contributed by atoms with Gasteiger partial charge in [0.05, 0.1) is 12.5 Å². The fourth-order valence-corrected chi connectivity index (χ4v) is 2.81. The molecule has 3 N–H and O–H groups in total. The quantitative estimate of drug-likeness (QED) is 0.300. The molecule has 0 bridgehead atoms. The minimum absolute atomic E-state index is 0.0714. The first kappa shape index (κ1) is 23.3. The number of nitrogens with zero attached hydrogens (tertiary/aromatic N) is 1. The number of amides is 1. The van der Waals surface area contributed by atoms with Gasteiger partial charge in [0.25, 0.3) is 0 Å². The number of carbonyl (C=O) groups excluding carboxylic acids is 1. The highest BCUT2D eigenvalue weighted by Crippen LogP contribution is 2.15. The summed E-state index contributed by atoms with van der Waals surface area (Å²) in [5.41, 5.74) is 1.95. The third-order valence-corrected chi connectivity index (χ3v) is 4.49. The molecular weight excluding hydrogens is 383 g/mol. The van der Waals surface area contributed by atoms with Crippen LogP contribution in [-0.4, -0.2) is 45.2 Å². The topological polar surface area (TPSA) is 74.8 Å². The molecule has 2 rings (SSSR count). The standard InChI is InChI=1S/C23H31FN4O2/c1-18(20-7-4-3-5-8-20)30-16-6-13-27-23(25-2)28-15-14-26-22(29)17-19-9-11-21(24)12-10-19/h3-5,7-12,18H,6,13-17H2,1-2H3,(H,26,29)(H2,25,27,28). The van der Waals surface area contributed by atoms with Gasteiger partial charge in [-0.15, -0.1) is 0 Å². The minimum Gasteiger partial charge on any atom is -0.374 e. The van der Waals surface area contributed by atoms with E-state index in [1.54, 1.807) is 19.2 Å². The van der Waals surface area contributed by atoms with Crippen molar-refractivity contribution >= 4 is 11.9 Å². The van der Waals surface area contributed by atoms with Crippen molar-refractivity contribution in [2.75, 3.05) is 33.3 Å². The Balaban J connectivity index is 1.53. The third kappa shape index (κ3) is 9.05. The van der Waals surface area contributed by atoms with E-state index in [0.29, 0.717) is 25.7 Å². The highest BCUT2D eigenvalue weighted by molar-refractivity contribution is 5.80. The van der Waals surface area contributed by atoms with Crippen LogP contribution in [0, 0.1) is 5.82 Å². The monoisotopic (exact) mass is 414 g/mol. The van der Waals surface area contributed by atoms with Crippen LogP contribution in [0.3, 0.4) is 0 Å². The van der Waals surface area contributed by atoms with Crippen LogP contribution in [0.4, 0.5) is 4.39 Å². The number of hydrogen-bond acceptors (Lipinski definition) is 3. The van der Waals surface area contributed by atoms with Gasteiger partial charge in [0.2, 0.25) is 5.91 Å². The second-order valence-corrected chi connectivity index (χ2v) is 6.86. The molecule has 1 amide bonds. The Morgan fingerprint density at radius 2 is 1.67 bits per heavy atom. The number of ether oxygens (including phenoxy) is 1. The molecule has 0 aromatic heterocycles. The number of halogens is 1. The van der Waals surface area contributed by atoms with Gasteiger partial charge in [0.15, 0.2) is 5.96 Å². The molecule has 1 unspecified atom stereocenters. The van der Waals surface area contributed by atoms with Gasteiger partial charge in [-0.2, -0.15) is 0 Å². The van der Waals surface area contributed by atoms with E-state index < -0.39 is 0 Å². The van der Waals surface area contributed by atoms with Crippen molar-refractivity contribution in [1.29, 1.82) is 0 Å². The van der Waals surface area contributed by atoms with Crippen molar-refractivity contribution in [2.24, 2.45) is 4.99 Å². The lowest BCUT2D eigenvalue weighted by molar-refractivity contribution is -0.120. The zero-order valence-electron chi connectivity index (χ0n) is 17.7. The summed E-state index contributed by atoms with van der Waals surface area (Å²) in [6, 6.07) is 16.1. The number of guanidine groups is 1. The van der Waals surface area contributed by atoms with Crippen LogP contribution in [0.5, 0.6) is 0 Å². The maximum Gasteiger partial charge on any atom is 0.224 e. The fourth-order valence-electron chi connectivity index (χ4n) is 2.81. The van der Waals surface area contributed by atoms with Crippen molar-refractivity contribution < 1.29 is 13.9 Å². The van der Waals surface area contributed by atoms with Crippen molar-refractivity contribution in [2.45, 2.75) is 25.9 Å². The maximum atomic E-state index is 12.9. The summed E-state index contributed by atoms with van der Waals surface area (Å²) < 4.78 is 18.7. The normalized spacial score (nSPS) is 12.3. The van der Waals surface area contributed by atoms with E-state index in [1.807, 2.05) is 25.1 Å². The summed E-state index contributed by atoms with van der Waals surface area (Å²) >= 11 is 0. The first-order valence-electron chi connectivity index (χ1n) is 10.2. The first-order valence-corrected chi connectivity index (χ1v) is 10.2. The van der Waals surface area contributed by atoms with Crippen molar-refractivity contribution in [1.82, 2.24) is 16.0 Å². The van der Waals surface area contributed by atoms with Crippen LogP contribution in [0.2, 0.25) is 0 Å². The molecule has 0 radical (unpaired) electrons. The zero-order valence-corrected chi connectivity index (χ0v) is 17.7. The number of nitrogens with one attached hydrogen (secondary N) is 3. The summed E-state index contributed by atoms with van der Waals surface area (Å²) in [4.78, 5) is 16.1. The van der Waals surface area contributed by atoms with Crippen molar-refractivity contribution in [3.63, 3.8) is 0 Å². The molecule has 0 aliphatic carbocycles. The highest BCUT2D eigenvalue weighted by atomic mass is 19.1. The Morgan fingerprint density at radius 1 is 1.00 bits per heavy atom. The lowest BCUT2D eigenvalue weighted by atomic mass is 10.1. The Bertz CT molecular complexity index is 782. The minimum atomic E-state index is -0.306. The molecule has 162 valence electrons. The molecule has 7 heteroatoms. The molecule has 2 aromatic rings. The Hall–Kier alpha value is -2.93. The van der Waals surface area contributed by atoms with Crippen LogP contribution in [0.15, 0.2) is 59.6 Å². The third-order valence-electron chi connectivity index (χ3n) is 4.49. The SMILES string of the molecule is CN=C(NCCCOC(C)c1ccccc1)NCCNC(=O)Cc1ccc(F)cc1. The van der Waals surface area contributed by atoms with E-state index in [4.69, 9.17) is 4.74 Å². The van der Waals surface area contributed by atoms with Crippen molar-refractivity contribution in [3.05, 3.63) is 71.5 Å². The van der Waals surface area contributed by atoms with Gasteiger partial charge in [-0.25, -0.2) is 4.39 Å². The largest absolute Gasteiger partial charge is 0.374 e. The Labute approximate surface area is 177 Å². The van der Waals surface area contributed by atoms with Gasteiger partial charge in [0, 0.05) is 33.3 Å². The number of carbonyl (C=O) groups is 1. The molecule has 0 spiro atoms. The second kappa shape index (κ2) is 13.3. The first-order chi connectivity index (χ1) is 14.6. The molecule has 0 saturated carbocycles. The predicted octanol–water partition coefficient (Wildman–Crippen LogP) is 2.82. The second-order valence-electron chi connectivity index (χ2n) is 6.86. The molecule has 30 heavy (non-hydrogen) atoms. The highest BCUT2D eigenvalue weighted by Gasteiger charge is 2.05. The molecule has 0 aliphatic rings. The number of rotatable bonds is 11. The van der Waals surface area contributed by atoms with Gasteiger partial charge < -0.3 is 20.7 Å². The smallest absolute Gasteiger partial charge is 0.224 e. The van der Waals surface area contributed by atoms with Crippen LogP contribution in [-0.2, 0) is 16.0 Å². The Morgan fingerprint density at radius 3 is 2.37 bits per heavy atom. The summed E-state index contributed by atoms with van der Waals surface area (Å²) in [6.45, 7) is 4.46. The molecule has 0 aliphatic heterocycles. The predicted molar refractivity (Wildman–Crippen MR) is 118 cm³/mol. The number of aliphatic imine (C=N–C) groups is 1. The number of hydrogen-bond donors (Lipinski definition) is 3. The summed E-state index contributed by atoms with van der Waals surface area (Å²) in [5.74, 6) is 0.273. The van der Waals surface area contributed by atoms with E-state index in [2.05, 4.69) is 33.1 Å². The van der Waals surface area contributed by atoms with E-state index in [9.17, 15) is 9.18 Å². The molecule has 0 fully saturated rings. The van der Waals surface area contributed by atoms with E-state index >= 15 is 0 Å². The van der Waals surface area contributed by atoms with Crippen LogP contribution in [0.25, 0.3) is 0 Å².